The summed E-state index contributed by atoms with van der Waals surface area (Å²) in [5.74, 6) is 0.0446. The number of nitrogens with zero attached hydrogens (tertiary/aromatic N) is 5. The number of hydrogen-bond acceptors (Lipinski definition) is 5. The molecule has 1 unspecified atom stereocenters. The van der Waals surface area contributed by atoms with Crippen LogP contribution in [0, 0.1) is 11.7 Å². The molecule has 4 rings (SSSR count). The van der Waals surface area contributed by atoms with E-state index < -0.39 is 5.82 Å². The van der Waals surface area contributed by atoms with E-state index in [2.05, 4.69) is 20.4 Å². The number of rotatable bonds is 4. The zero-order valence-electron chi connectivity index (χ0n) is 14.6. The molecule has 2 aromatic heterocycles. The van der Waals surface area contributed by atoms with Gasteiger partial charge >= 0.3 is 0 Å². The Balaban J connectivity index is 1.54. The molecule has 27 heavy (non-hydrogen) atoms. The molecule has 0 aliphatic carbocycles. The average molecular weight is 366 g/mol. The first kappa shape index (κ1) is 17.1. The second-order valence-electron chi connectivity index (χ2n) is 6.52. The SMILES string of the molecule is O=C(c1cccc(F)c1)N1Cc2ccnn2CC(CNc2ncccn2)C1. The average Bonchev–Trinajstić information content (AvgIpc) is 3.04. The summed E-state index contributed by atoms with van der Waals surface area (Å²) in [7, 11) is 0. The molecule has 0 saturated heterocycles. The molecule has 3 aromatic rings. The lowest BCUT2D eigenvalue weighted by Gasteiger charge is -2.24. The molecule has 1 atom stereocenters. The summed E-state index contributed by atoms with van der Waals surface area (Å²) in [6, 6.07) is 9.46. The number of carbonyl (C=O) groups excluding carboxylic acids is 1. The second-order valence-corrected chi connectivity index (χ2v) is 6.52. The Bertz CT molecular complexity index is 929. The first-order valence-electron chi connectivity index (χ1n) is 8.75. The minimum atomic E-state index is -0.417. The minimum absolute atomic E-state index is 0.104. The van der Waals surface area contributed by atoms with E-state index in [-0.39, 0.29) is 11.8 Å². The summed E-state index contributed by atoms with van der Waals surface area (Å²) >= 11 is 0. The zero-order chi connectivity index (χ0) is 18.6. The van der Waals surface area contributed by atoms with Crippen molar-refractivity contribution in [3.8, 4) is 0 Å². The molecule has 0 bridgehead atoms. The van der Waals surface area contributed by atoms with Crippen molar-refractivity contribution in [2.45, 2.75) is 13.1 Å². The van der Waals surface area contributed by atoms with Crippen molar-refractivity contribution in [2.24, 2.45) is 5.92 Å². The van der Waals surface area contributed by atoms with Gasteiger partial charge in [-0.2, -0.15) is 5.10 Å². The number of benzene rings is 1. The minimum Gasteiger partial charge on any atom is -0.354 e. The topological polar surface area (TPSA) is 75.9 Å². The molecule has 0 spiro atoms. The van der Waals surface area contributed by atoms with Crippen LogP contribution in [0.15, 0.2) is 55.0 Å². The number of aromatic nitrogens is 4. The van der Waals surface area contributed by atoms with E-state index in [0.29, 0.717) is 37.7 Å². The summed E-state index contributed by atoms with van der Waals surface area (Å²) in [6.45, 7) is 2.23. The number of anilines is 1. The van der Waals surface area contributed by atoms with Crippen LogP contribution in [0.2, 0.25) is 0 Å². The van der Waals surface area contributed by atoms with Crippen LogP contribution in [0.1, 0.15) is 16.1 Å². The Kier molecular flexibility index (Phi) is 4.78. The van der Waals surface area contributed by atoms with Gasteiger partial charge in [0, 0.05) is 49.7 Å². The lowest BCUT2D eigenvalue weighted by Crippen LogP contribution is -2.36. The van der Waals surface area contributed by atoms with E-state index in [1.807, 2.05) is 10.7 Å². The summed E-state index contributed by atoms with van der Waals surface area (Å²) in [4.78, 5) is 23.0. The van der Waals surface area contributed by atoms with E-state index >= 15 is 0 Å². The van der Waals surface area contributed by atoms with Crippen LogP contribution in [0.5, 0.6) is 0 Å². The molecule has 1 aliphatic heterocycles. The predicted octanol–water partition coefficient (Wildman–Crippen LogP) is 2.20. The summed E-state index contributed by atoms with van der Waals surface area (Å²) < 4.78 is 15.5. The lowest BCUT2D eigenvalue weighted by atomic mass is 10.1. The number of hydrogen-bond donors (Lipinski definition) is 1. The Labute approximate surface area is 155 Å². The van der Waals surface area contributed by atoms with E-state index in [4.69, 9.17) is 0 Å². The van der Waals surface area contributed by atoms with E-state index in [1.54, 1.807) is 41.7 Å². The second kappa shape index (κ2) is 7.53. The molecule has 1 aromatic carbocycles. The lowest BCUT2D eigenvalue weighted by molar-refractivity contribution is 0.0723. The Morgan fingerprint density at radius 2 is 2.00 bits per heavy atom. The summed E-state index contributed by atoms with van der Waals surface area (Å²) in [5, 5.41) is 7.57. The number of halogens is 1. The van der Waals surface area contributed by atoms with Gasteiger partial charge in [-0.05, 0) is 30.3 Å². The van der Waals surface area contributed by atoms with E-state index in [1.165, 1.54) is 12.1 Å². The summed E-state index contributed by atoms with van der Waals surface area (Å²) in [5.41, 5.74) is 1.30. The van der Waals surface area contributed by atoms with Gasteiger partial charge in [0.1, 0.15) is 5.82 Å². The maximum Gasteiger partial charge on any atom is 0.254 e. The van der Waals surface area contributed by atoms with Gasteiger partial charge in [-0.25, -0.2) is 14.4 Å². The van der Waals surface area contributed by atoms with Crippen LogP contribution in [0.3, 0.4) is 0 Å². The smallest absolute Gasteiger partial charge is 0.254 e. The standard InChI is InChI=1S/C19H19FN6O/c20-16-4-1-3-15(9-16)18(27)25-11-14(10-23-19-21-6-2-7-22-19)12-26-17(13-25)5-8-24-26/h1-9,14H,10-13H2,(H,21,22,23). The number of fused-ring (bicyclic) bond motifs is 1. The van der Waals surface area contributed by atoms with Gasteiger partial charge in [0.15, 0.2) is 0 Å². The van der Waals surface area contributed by atoms with Crippen molar-refractivity contribution in [1.29, 1.82) is 0 Å². The van der Waals surface area contributed by atoms with Crippen molar-refractivity contribution in [3.05, 3.63) is 72.1 Å². The van der Waals surface area contributed by atoms with Crippen molar-refractivity contribution in [1.82, 2.24) is 24.6 Å². The van der Waals surface area contributed by atoms with E-state index in [9.17, 15) is 9.18 Å². The van der Waals surface area contributed by atoms with Crippen molar-refractivity contribution in [3.63, 3.8) is 0 Å². The maximum absolute atomic E-state index is 13.5. The fourth-order valence-corrected chi connectivity index (χ4v) is 3.25. The molecule has 0 fully saturated rings. The van der Waals surface area contributed by atoms with Crippen LogP contribution in [0.4, 0.5) is 10.3 Å². The Hall–Kier alpha value is -3.29. The molecule has 3 heterocycles. The van der Waals surface area contributed by atoms with Crippen LogP contribution in [0.25, 0.3) is 0 Å². The summed E-state index contributed by atoms with van der Waals surface area (Å²) in [6.07, 6.45) is 5.08. The number of carbonyl (C=O) groups is 1. The molecular formula is C19H19FN6O. The molecular weight excluding hydrogens is 347 g/mol. The van der Waals surface area contributed by atoms with Crippen molar-refractivity contribution >= 4 is 11.9 Å². The molecule has 1 aliphatic rings. The van der Waals surface area contributed by atoms with Crippen LogP contribution in [-0.2, 0) is 13.1 Å². The largest absolute Gasteiger partial charge is 0.354 e. The fraction of sp³-hybridized carbons (Fsp3) is 0.263. The highest BCUT2D eigenvalue weighted by Gasteiger charge is 2.26. The first-order chi connectivity index (χ1) is 13.2. The monoisotopic (exact) mass is 366 g/mol. The maximum atomic E-state index is 13.5. The predicted molar refractivity (Wildman–Crippen MR) is 97.4 cm³/mol. The van der Waals surface area contributed by atoms with Gasteiger partial charge in [0.2, 0.25) is 5.95 Å². The van der Waals surface area contributed by atoms with Crippen LogP contribution in [-0.4, -0.2) is 43.6 Å². The number of nitrogens with one attached hydrogen (secondary N) is 1. The molecule has 8 heteroatoms. The first-order valence-corrected chi connectivity index (χ1v) is 8.75. The molecule has 138 valence electrons. The third-order valence-corrected chi connectivity index (χ3v) is 4.54. The number of amides is 1. The highest BCUT2D eigenvalue weighted by molar-refractivity contribution is 5.94. The van der Waals surface area contributed by atoms with Gasteiger partial charge in [-0.3, -0.25) is 9.48 Å². The normalized spacial score (nSPS) is 16.5. The third kappa shape index (κ3) is 3.94. The van der Waals surface area contributed by atoms with Gasteiger partial charge < -0.3 is 10.2 Å². The van der Waals surface area contributed by atoms with Gasteiger partial charge in [0.05, 0.1) is 12.2 Å². The van der Waals surface area contributed by atoms with Crippen LogP contribution >= 0.6 is 0 Å². The van der Waals surface area contributed by atoms with Gasteiger partial charge in [-0.15, -0.1) is 0 Å². The molecule has 1 N–H and O–H groups in total. The molecule has 0 saturated carbocycles. The molecule has 1 amide bonds. The van der Waals surface area contributed by atoms with Gasteiger partial charge in [-0.1, -0.05) is 6.07 Å². The van der Waals surface area contributed by atoms with Crippen molar-refractivity contribution in [2.75, 3.05) is 18.4 Å². The zero-order valence-corrected chi connectivity index (χ0v) is 14.6. The van der Waals surface area contributed by atoms with Crippen LogP contribution < -0.4 is 5.32 Å². The fourth-order valence-electron chi connectivity index (χ4n) is 3.25. The molecule has 0 radical (unpaired) electrons. The molecule has 7 nitrogen and oxygen atoms in total. The Morgan fingerprint density at radius 3 is 2.81 bits per heavy atom. The van der Waals surface area contributed by atoms with Gasteiger partial charge in [0.25, 0.3) is 5.91 Å². The highest BCUT2D eigenvalue weighted by atomic mass is 19.1. The Morgan fingerprint density at radius 1 is 1.15 bits per heavy atom. The quantitative estimate of drug-likeness (QED) is 0.766. The van der Waals surface area contributed by atoms with Crippen molar-refractivity contribution < 1.29 is 9.18 Å². The van der Waals surface area contributed by atoms with E-state index in [0.717, 1.165) is 5.69 Å². The third-order valence-electron chi connectivity index (χ3n) is 4.54. The highest BCUT2D eigenvalue weighted by Crippen LogP contribution is 2.19.